The van der Waals surface area contributed by atoms with Crippen LogP contribution < -0.4 is 5.32 Å². The summed E-state index contributed by atoms with van der Waals surface area (Å²) in [6.45, 7) is 1.78. The summed E-state index contributed by atoms with van der Waals surface area (Å²) >= 11 is 6.18. The van der Waals surface area contributed by atoms with Crippen molar-refractivity contribution in [1.82, 2.24) is 0 Å². The number of anilines is 1. The van der Waals surface area contributed by atoms with Crippen LogP contribution in [0.1, 0.15) is 35.6 Å². The van der Waals surface area contributed by atoms with Crippen molar-refractivity contribution < 1.29 is 14.3 Å². The molecule has 0 aromatic heterocycles. The van der Waals surface area contributed by atoms with Crippen LogP contribution in [0.15, 0.2) is 36.4 Å². The first-order chi connectivity index (χ1) is 9.97. The Morgan fingerprint density at radius 1 is 1.24 bits per heavy atom. The van der Waals surface area contributed by atoms with Gasteiger partial charge < -0.3 is 10.4 Å². The molecule has 108 valence electrons. The molecule has 1 aliphatic heterocycles. The molecule has 2 N–H and O–H groups in total. The number of aliphatic hydroxyl groups is 1. The van der Waals surface area contributed by atoms with Crippen molar-refractivity contribution in [3.05, 3.63) is 63.9 Å². The average Bonchev–Trinajstić information content (AvgIpc) is 2.76. The Kier molecular flexibility index (Phi) is 3.43. The third kappa shape index (κ3) is 2.41. The van der Waals surface area contributed by atoms with E-state index in [0.717, 1.165) is 5.56 Å². The second-order valence-corrected chi connectivity index (χ2v) is 5.54. The van der Waals surface area contributed by atoms with Crippen molar-refractivity contribution in [3.8, 4) is 0 Å². The van der Waals surface area contributed by atoms with Crippen LogP contribution >= 0.6 is 11.6 Å². The Labute approximate surface area is 126 Å². The van der Waals surface area contributed by atoms with E-state index in [-0.39, 0.29) is 17.6 Å². The van der Waals surface area contributed by atoms with Gasteiger partial charge in [-0.3, -0.25) is 4.79 Å². The molecule has 0 aliphatic carbocycles. The van der Waals surface area contributed by atoms with Crippen molar-refractivity contribution in [2.45, 2.75) is 18.9 Å². The summed E-state index contributed by atoms with van der Waals surface area (Å²) < 4.78 is 12.9. The first-order valence-electron chi connectivity index (χ1n) is 6.55. The topological polar surface area (TPSA) is 49.3 Å². The number of halogens is 2. The normalized spacial score (nSPS) is 18.3. The Morgan fingerprint density at radius 3 is 2.57 bits per heavy atom. The largest absolute Gasteiger partial charge is 0.384 e. The van der Waals surface area contributed by atoms with Crippen molar-refractivity contribution in [2.75, 3.05) is 5.32 Å². The average molecular weight is 306 g/mol. The molecule has 3 rings (SSSR count). The summed E-state index contributed by atoms with van der Waals surface area (Å²) in [6, 6.07) is 9.01. The molecule has 1 heterocycles. The van der Waals surface area contributed by atoms with Gasteiger partial charge in [0.2, 0.25) is 5.91 Å². The van der Waals surface area contributed by atoms with E-state index in [1.807, 2.05) is 0 Å². The molecule has 0 radical (unpaired) electrons. The molecule has 5 heteroatoms. The van der Waals surface area contributed by atoms with Crippen molar-refractivity contribution in [2.24, 2.45) is 0 Å². The number of aliphatic hydroxyl groups excluding tert-OH is 1. The number of hydrogen-bond acceptors (Lipinski definition) is 2. The van der Waals surface area contributed by atoms with E-state index in [1.165, 1.54) is 24.3 Å². The van der Waals surface area contributed by atoms with Crippen LogP contribution in [0.4, 0.5) is 10.1 Å². The highest BCUT2D eigenvalue weighted by Gasteiger charge is 2.29. The maximum Gasteiger partial charge on any atom is 0.231 e. The Hall–Kier alpha value is -1.91. The number of rotatable bonds is 2. The standard InChI is InChI=1S/C16H13ClFNO2/c1-8-12-6-10(7-13(17)14(12)19-16(8)21)15(20)9-2-4-11(18)5-3-9/h2-8,15,20H,1H3,(H,19,21). The second kappa shape index (κ2) is 5.13. The quantitative estimate of drug-likeness (QED) is 0.890. The maximum atomic E-state index is 12.9. The van der Waals surface area contributed by atoms with Gasteiger partial charge in [0, 0.05) is 0 Å². The smallest absolute Gasteiger partial charge is 0.231 e. The van der Waals surface area contributed by atoms with Crippen LogP contribution in [0, 0.1) is 5.82 Å². The number of amides is 1. The van der Waals surface area contributed by atoms with Crippen molar-refractivity contribution in [3.63, 3.8) is 0 Å². The highest BCUT2D eigenvalue weighted by Crippen LogP contribution is 2.40. The monoisotopic (exact) mass is 305 g/mol. The summed E-state index contributed by atoms with van der Waals surface area (Å²) in [5, 5.41) is 13.5. The van der Waals surface area contributed by atoms with Crippen LogP contribution in [0.5, 0.6) is 0 Å². The van der Waals surface area contributed by atoms with E-state index < -0.39 is 6.10 Å². The van der Waals surface area contributed by atoms with Crippen LogP contribution in [-0.2, 0) is 4.79 Å². The Morgan fingerprint density at radius 2 is 1.90 bits per heavy atom. The number of carbonyl (C=O) groups excluding carboxylic acids is 1. The zero-order chi connectivity index (χ0) is 15.1. The van der Waals surface area contributed by atoms with Gasteiger partial charge in [-0.05, 0) is 47.9 Å². The zero-order valence-electron chi connectivity index (χ0n) is 11.2. The molecule has 2 atom stereocenters. The molecule has 2 aromatic carbocycles. The molecule has 0 bridgehead atoms. The fourth-order valence-corrected chi connectivity index (χ4v) is 2.77. The van der Waals surface area contributed by atoms with Crippen LogP contribution in [0.3, 0.4) is 0 Å². The molecular weight excluding hydrogens is 293 g/mol. The lowest BCUT2D eigenvalue weighted by atomic mass is 9.95. The third-order valence-electron chi connectivity index (χ3n) is 3.75. The van der Waals surface area contributed by atoms with E-state index in [2.05, 4.69) is 5.32 Å². The van der Waals surface area contributed by atoms with E-state index >= 15 is 0 Å². The van der Waals surface area contributed by atoms with Gasteiger partial charge in [-0.15, -0.1) is 0 Å². The van der Waals surface area contributed by atoms with Gasteiger partial charge in [0.15, 0.2) is 0 Å². The molecule has 2 unspecified atom stereocenters. The first-order valence-corrected chi connectivity index (χ1v) is 6.93. The third-order valence-corrected chi connectivity index (χ3v) is 4.05. The van der Waals surface area contributed by atoms with Gasteiger partial charge in [-0.25, -0.2) is 4.39 Å². The lowest BCUT2D eigenvalue weighted by Gasteiger charge is -2.14. The molecule has 0 fully saturated rings. The molecular formula is C16H13ClFNO2. The second-order valence-electron chi connectivity index (χ2n) is 5.13. The fraction of sp³-hybridized carbons (Fsp3) is 0.188. The lowest BCUT2D eigenvalue weighted by molar-refractivity contribution is -0.116. The molecule has 1 amide bonds. The van der Waals surface area contributed by atoms with E-state index in [4.69, 9.17) is 11.6 Å². The van der Waals surface area contributed by atoms with Crippen LogP contribution in [0.2, 0.25) is 5.02 Å². The maximum absolute atomic E-state index is 12.9. The van der Waals surface area contributed by atoms with Gasteiger partial charge in [0.1, 0.15) is 11.9 Å². The molecule has 0 saturated carbocycles. The zero-order valence-corrected chi connectivity index (χ0v) is 12.0. The predicted molar refractivity (Wildman–Crippen MR) is 79.0 cm³/mol. The minimum Gasteiger partial charge on any atom is -0.384 e. The van der Waals surface area contributed by atoms with E-state index in [9.17, 15) is 14.3 Å². The van der Waals surface area contributed by atoms with Gasteiger partial charge in [-0.1, -0.05) is 23.7 Å². The fourth-order valence-electron chi connectivity index (χ4n) is 2.49. The number of nitrogens with one attached hydrogen (secondary N) is 1. The number of hydrogen-bond donors (Lipinski definition) is 2. The van der Waals surface area contributed by atoms with Gasteiger partial charge in [0.25, 0.3) is 0 Å². The minimum atomic E-state index is -0.920. The molecule has 1 aliphatic rings. The van der Waals surface area contributed by atoms with Crippen LogP contribution in [0.25, 0.3) is 0 Å². The number of fused-ring (bicyclic) bond motifs is 1. The van der Waals surface area contributed by atoms with E-state index in [1.54, 1.807) is 19.1 Å². The highest BCUT2D eigenvalue weighted by atomic mass is 35.5. The van der Waals surface area contributed by atoms with Gasteiger partial charge in [0.05, 0.1) is 16.6 Å². The Balaban J connectivity index is 2.02. The van der Waals surface area contributed by atoms with Gasteiger partial charge >= 0.3 is 0 Å². The molecule has 3 nitrogen and oxygen atoms in total. The predicted octanol–water partition coefficient (Wildman–Crippen LogP) is 3.62. The molecule has 0 saturated heterocycles. The van der Waals surface area contributed by atoms with E-state index in [0.29, 0.717) is 21.8 Å². The molecule has 0 spiro atoms. The summed E-state index contributed by atoms with van der Waals surface area (Å²) in [5.41, 5.74) is 2.51. The Bertz CT molecular complexity index is 715. The highest BCUT2D eigenvalue weighted by molar-refractivity contribution is 6.34. The summed E-state index contributed by atoms with van der Waals surface area (Å²) in [7, 11) is 0. The summed E-state index contributed by atoms with van der Waals surface area (Å²) in [5.74, 6) is -0.778. The SMILES string of the molecule is CC1C(=O)Nc2c(Cl)cc(C(O)c3ccc(F)cc3)cc21. The minimum absolute atomic E-state index is 0.111. The summed E-state index contributed by atoms with van der Waals surface area (Å²) in [6.07, 6.45) is -0.920. The summed E-state index contributed by atoms with van der Waals surface area (Å²) in [4.78, 5) is 11.7. The van der Waals surface area contributed by atoms with Crippen LogP contribution in [-0.4, -0.2) is 11.0 Å². The lowest BCUT2D eigenvalue weighted by Crippen LogP contribution is -2.08. The number of carbonyl (C=O) groups is 1. The van der Waals surface area contributed by atoms with Crippen molar-refractivity contribution in [1.29, 1.82) is 0 Å². The number of benzene rings is 2. The molecule has 21 heavy (non-hydrogen) atoms. The molecule has 2 aromatic rings. The first kappa shape index (κ1) is 14.0. The van der Waals surface area contributed by atoms with Crippen molar-refractivity contribution >= 4 is 23.2 Å². The van der Waals surface area contributed by atoms with Gasteiger partial charge in [-0.2, -0.15) is 0 Å².